The maximum Gasteiger partial charge on any atom is 0.315 e. The average Bonchev–Trinajstić information content (AvgIpc) is 2.99. The van der Waals surface area contributed by atoms with E-state index in [1.807, 2.05) is 12.1 Å². The van der Waals surface area contributed by atoms with Crippen molar-refractivity contribution in [1.29, 1.82) is 0 Å². The topological polar surface area (TPSA) is 62.2 Å². The van der Waals surface area contributed by atoms with Crippen LogP contribution in [0.3, 0.4) is 0 Å². The fourth-order valence-electron chi connectivity index (χ4n) is 1.53. The third-order valence-electron chi connectivity index (χ3n) is 2.96. The lowest BCUT2D eigenvalue weighted by Gasteiger charge is -2.15. The number of thiophene rings is 1. The van der Waals surface area contributed by atoms with Gasteiger partial charge in [0.25, 0.3) is 0 Å². The molecule has 0 amide bonds. The number of carboxylic acid groups (broad SMARTS) is 1. The number of halogens is 1. The molecule has 0 saturated heterocycles. The molecule has 2 heterocycles. The van der Waals surface area contributed by atoms with E-state index in [2.05, 4.69) is 10.3 Å². The van der Waals surface area contributed by atoms with Crippen LogP contribution in [0.15, 0.2) is 17.5 Å². The van der Waals surface area contributed by atoms with Crippen molar-refractivity contribution in [2.75, 3.05) is 11.9 Å². The molecule has 0 aliphatic heterocycles. The van der Waals surface area contributed by atoms with Crippen molar-refractivity contribution in [3.05, 3.63) is 32.4 Å². The Bertz CT molecular complexity index is 607. The Hall–Kier alpha value is -1.11. The smallest absolute Gasteiger partial charge is 0.315 e. The summed E-state index contributed by atoms with van der Waals surface area (Å²) in [6, 6.07) is 3.90. The predicted molar refractivity (Wildman–Crippen MR) is 84.3 cm³/mol. The number of carbonyl (C=O) groups is 1. The molecule has 20 heavy (non-hydrogen) atoms. The van der Waals surface area contributed by atoms with Gasteiger partial charge in [-0.15, -0.1) is 22.7 Å². The van der Waals surface area contributed by atoms with Crippen molar-refractivity contribution < 1.29 is 9.90 Å². The highest BCUT2D eigenvalue weighted by molar-refractivity contribution is 7.16. The number of carboxylic acids is 1. The fraction of sp³-hybridized carbons (Fsp3) is 0.385. The summed E-state index contributed by atoms with van der Waals surface area (Å²) >= 11 is 8.86. The van der Waals surface area contributed by atoms with Gasteiger partial charge < -0.3 is 10.4 Å². The number of nitrogens with zero attached hydrogens (tertiary/aromatic N) is 1. The standard InChI is InChI=1S/C13H15ClN2O2S2/c1-13(2,11(17)18)9-7-19-12(16-9)15-6-5-8-3-4-10(14)20-8/h3-4,7H,5-6H2,1-2H3,(H,15,16)(H,17,18). The molecule has 4 nitrogen and oxygen atoms in total. The van der Waals surface area contributed by atoms with Crippen LogP contribution in [-0.2, 0) is 16.6 Å². The molecule has 0 aromatic carbocycles. The van der Waals surface area contributed by atoms with E-state index in [9.17, 15) is 4.79 Å². The van der Waals surface area contributed by atoms with Crippen LogP contribution in [0.1, 0.15) is 24.4 Å². The van der Waals surface area contributed by atoms with Gasteiger partial charge in [-0.2, -0.15) is 0 Å². The number of nitrogens with one attached hydrogen (secondary N) is 1. The van der Waals surface area contributed by atoms with Gasteiger partial charge in [0.05, 0.1) is 10.0 Å². The lowest BCUT2D eigenvalue weighted by Crippen LogP contribution is -2.28. The Balaban J connectivity index is 1.92. The first-order valence-corrected chi connectivity index (χ1v) is 8.14. The number of anilines is 1. The first-order valence-electron chi connectivity index (χ1n) is 6.07. The molecule has 0 aliphatic carbocycles. The van der Waals surface area contributed by atoms with E-state index in [-0.39, 0.29) is 0 Å². The van der Waals surface area contributed by atoms with Crippen molar-refractivity contribution in [1.82, 2.24) is 4.98 Å². The minimum Gasteiger partial charge on any atom is -0.481 e. The van der Waals surface area contributed by atoms with Gasteiger partial charge in [0.15, 0.2) is 5.13 Å². The van der Waals surface area contributed by atoms with Crippen molar-refractivity contribution in [3.63, 3.8) is 0 Å². The largest absolute Gasteiger partial charge is 0.481 e. The van der Waals surface area contributed by atoms with Gasteiger partial charge in [-0.1, -0.05) is 11.6 Å². The second kappa shape index (κ2) is 6.11. The Morgan fingerprint density at radius 3 is 2.85 bits per heavy atom. The minimum atomic E-state index is -0.961. The van der Waals surface area contributed by atoms with Gasteiger partial charge in [-0.3, -0.25) is 4.79 Å². The van der Waals surface area contributed by atoms with Crippen LogP contribution in [0.4, 0.5) is 5.13 Å². The van der Waals surface area contributed by atoms with Crippen molar-refractivity contribution in [3.8, 4) is 0 Å². The summed E-state index contributed by atoms with van der Waals surface area (Å²) < 4.78 is 0.791. The van der Waals surface area contributed by atoms with Crippen LogP contribution in [0, 0.1) is 0 Å². The Morgan fingerprint density at radius 2 is 2.25 bits per heavy atom. The van der Waals surface area contributed by atoms with E-state index < -0.39 is 11.4 Å². The molecule has 2 aromatic heterocycles. The SMILES string of the molecule is CC(C)(C(=O)O)c1csc(NCCc2ccc(Cl)s2)n1. The first-order chi connectivity index (χ1) is 9.39. The predicted octanol–water partition coefficient (Wildman–Crippen LogP) is 3.87. The molecule has 0 unspecified atom stereocenters. The summed E-state index contributed by atoms with van der Waals surface area (Å²) in [6.45, 7) is 4.06. The quantitative estimate of drug-likeness (QED) is 0.843. The first kappa shape index (κ1) is 15.3. The van der Waals surface area contributed by atoms with Crippen LogP contribution in [0.25, 0.3) is 0 Å². The third-order valence-corrected chi connectivity index (χ3v) is 5.05. The molecule has 0 spiro atoms. The third kappa shape index (κ3) is 3.50. The summed E-state index contributed by atoms with van der Waals surface area (Å²) in [5, 5.41) is 14.9. The second-order valence-electron chi connectivity index (χ2n) is 4.85. The molecule has 0 saturated carbocycles. The van der Waals surface area contributed by atoms with Crippen LogP contribution in [-0.4, -0.2) is 22.6 Å². The van der Waals surface area contributed by atoms with Gasteiger partial charge in [-0.25, -0.2) is 4.98 Å². The Kier molecular flexibility index (Phi) is 4.67. The molecule has 2 aromatic rings. The molecular weight excluding hydrogens is 316 g/mol. The summed E-state index contributed by atoms with van der Waals surface area (Å²) in [6.07, 6.45) is 0.870. The highest BCUT2D eigenvalue weighted by Gasteiger charge is 2.32. The summed E-state index contributed by atoms with van der Waals surface area (Å²) in [5.41, 5.74) is -0.380. The van der Waals surface area contributed by atoms with E-state index in [4.69, 9.17) is 16.7 Å². The molecule has 7 heteroatoms. The molecule has 0 radical (unpaired) electrons. The van der Waals surface area contributed by atoms with E-state index in [1.54, 1.807) is 30.6 Å². The normalized spacial score (nSPS) is 11.6. The van der Waals surface area contributed by atoms with E-state index in [1.165, 1.54) is 16.2 Å². The molecule has 0 bridgehead atoms. The molecule has 0 fully saturated rings. The summed E-state index contributed by atoms with van der Waals surface area (Å²) in [5.74, 6) is -0.873. The maximum atomic E-state index is 11.2. The van der Waals surface area contributed by atoms with Crippen molar-refractivity contribution in [2.24, 2.45) is 0 Å². The van der Waals surface area contributed by atoms with Crippen LogP contribution < -0.4 is 5.32 Å². The fourth-order valence-corrected chi connectivity index (χ4v) is 3.52. The number of rotatable bonds is 6. The molecule has 0 aliphatic rings. The lowest BCUT2D eigenvalue weighted by molar-refractivity contribution is -0.142. The monoisotopic (exact) mass is 330 g/mol. The highest BCUT2D eigenvalue weighted by atomic mass is 35.5. The second-order valence-corrected chi connectivity index (χ2v) is 7.51. The Labute approximate surface area is 130 Å². The van der Waals surface area contributed by atoms with Gasteiger partial charge in [-0.05, 0) is 32.4 Å². The average molecular weight is 331 g/mol. The van der Waals surface area contributed by atoms with Crippen LogP contribution in [0.5, 0.6) is 0 Å². The van der Waals surface area contributed by atoms with Gasteiger partial charge in [0, 0.05) is 16.8 Å². The van der Waals surface area contributed by atoms with Gasteiger partial charge in [0.1, 0.15) is 5.41 Å². The molecule has 2 rings (SSSR count). The lowest BCUT2D eigenvalue weighted by atomic mass is 9.90. The van der Waals surface area contributed by atoms with Crippen molar-refractivity contribution in [2.45, 2.75) is 25.7 Å². The zero-order valence-corrected chi connectivity index (χ0v) is 13.5. The Morgan fingerprint density at radius 1 is 1.50 bits per heavy atom. The molecular formula is C13H15ClN2O2S2. The van der Waals surface area contributed by atoms with Crippen LogP contribution >= 0.6 is 34.3 Å². The number of hydrogen-bond donors (Lipinski definition) is 2. The van der Waals surface area contributed by atoms with Gasteiger partial charge in [0.2, 0.25) is 0 Å². The number of hydrogen-bond acceptors (Lipinski definition) is 5. The number of aliphatic carboxylic acids is 1. The van der Waals surface area contributed by atoms with Crippen molar-refractivity contribution >= 4 is 45.4 Å². The van der Waals surface area contributed by atoms with Crippen LogP contribution in [0.2, 0.25) is 4.34 Å². The number of thiazole rings is 1. The van der Waals surface area contributed by atoms with Gasteiger partial charge >= 0.3 is 5.97 Å². The molecule has 0 atom stereocenters. The zero-order chi connectivity index (χ0) is 14.8. The number of aromatic nitrogens is 1. The van der Waals surface area contributed by atoms with E-state index >= 15 is 0 Å². The molecule has 2 N–H and O–H groups in total. The summed E-state index contributed by atoms with van der Waals surface area (Å²) in [4.78, 5) is 16.7. The maximum absolute atomic E-state index is 11.2. The molecule has 108 valence electrons. The highest BCUT2D eigenvalue weighted by Crippen LogP contribution is 2.27. The minimum absolute atomic E-state index is 0.580. The van der Waals surface area contributed by atoms with E-state index in [0.717, 1.165) is 22.4 Å². The zero-order valence-electron chi connectivity index (χ0n) is 11.1. The summed E-state index contributed by atoms with van der Waals surface area (Å²) in [7, 11) is 0. The van der Waals surface area contributed by atoms with E-state index in [0.29, 0.717) is 5.69 Å².